The molecule has 0 unspecified atom stereocenters. The van der Waals surface area contributed by atoms with E-state index in [2.05, 4.69) is 5.32 Å². The maximum absolute atomic E-state index is 12.5. The summed E-state index contributed by atoms with van der Waals surface area (Å²) in [6.07, 6.45) is 3.30. The molecule has 0 aliphatic carbocycles. The number of carbonyl (C=O) groups is 2. The molecule has 0 saturated carbocycles. The number of carbonyl (C=O) groups excluding carboxylic acids is 2. The summed E-state index contributed by atoms with van der Waals surface area (Å²) < 4.78 is 0. The van der Waals surface area contributed by atoms with Gasteiger partial charge in [-0.2, -0.15) is 0 Å². The summed E-state index contributed by atoms with van der Waals surface area (Å²) in [7, 11) is 0. The molecule has 6 heteroatoms. The van der Waals surface area contributed by atoms with Crippen LogP contribution < -0.4 is 5.32 Å². The SMILES string of the molecule is O=C(NCc1ccc(Cl)c(Cl)c1)c1ccc(C(=O)N2CCCCC2)cc1. The quantitative estimate of drug-likeness (QED) is 0.832. The molecule has 1 aliphatic rings. The molecule has 1 saturated heterocycles. The average molecular weight is 391 g/mol. The number of benzene rings is 2. The zero-order valence-corrected chi connectivity index (χ0v) is 15.8. The van der Waals surface area contributed by atoms with Crippen LogP contribution in [0.25, 0.3) is 0 Å². The van der Waals surface area contributed by atoms with Crippen LogP contribution in [0.4, 0.5) is 0 Å². The molecular formula is C20H20Cl2N2O2. The monoisotopic (exact) mass is 390 g/mol. The van der Waals surface area contributed by atoms with E-state index in [1.807, 2.05) is 11.0 Å². The molecule has 136 valence electrons. The maximum atomic E-state index is 12.5. The van der Waals surface area contributed by atoms with Gasteiger partial charge >= 0.3 is 0 Å². The fourth-order valence-corrected chi connectivity index (χ4v) is 3.30. The summed E-state index contributed by atoms with van der Waals surface area (Å²) >= 11 is 11.9. The summed E-state index contributed by atoms with van der Waals surface area (Å²) in [4.78, 5) is 26.6. The smallest absolute Gasteiger partial charge is 0.253 e. The van der Waals surface area contributed by atoms with Gasteiger partial charge in [0.25, 0.3) is 11.8 Å². The lowest BCUT2D eigenvalue weighted by Crippen LogP contribution is -2.35. The number of nitrogens with one attached hydrogen (secondary N) is 1. The van der Waals surface area contributed by atoms with Gasteiger partial charge < -0.3 is 10.2 Å². The number of halogens is 2. The minimum Gasteiger partial charge on any atom is -0.348 e. The Balaban J connectivity index is 1.59. The van der Waals surface area contributed by atoms with Crippen molar-refractivity contribution < 1.29 is 9.59 Å². The molecule has 2 aromatic carbocycles. The van der Waals surface area contributed by atoms with Crippen LogP contribution in [0.15, 0.2) is 42.5 Å². The van der Waals surface area contributed by atoms with Crippen LogP contribution >= 0.6 is 23.2 Å². The van der Waals surface area contributed by atoms with Gasteiger partial charge in [0, 0.05) is 30.8 Å². The average Bonchev–Trinajstić information content (AvgIpc) is 2.69. The van der Waals surface area contributed by atoms with Crippen LogP contribution in [-0.4, -0.2) is 29.8 Å². The van der Waals surface area contributed by atoms with E-state index in [4.69, 9.17) is 23.2 Å². The molecule has 2 amide bonds. The first kappa shape index (κ1) is 18.7. The summed E-state index contributed by atoms with van der Waals surface area (Å²) in [6, 6.07) is 12.0. The van der Waals surface area contributed by atoms with E-state index >= 15 is 0 Å². The lowest BCUT2D eigenvalue weighted by molar-refractivity contribution is 0.0724. The number of nitrogens with zero attached hydrogens (tertiary/aromatic N) is 1. The Morgan fingerprint density at radius 3 is 2.19 bits per heavy atom. The Kier molecular flexibility index (Phi) is 6.17. The third-order valence-corrected chi connectivity index (χ3v) is 5.21. The second-order valence-corrected chi connectivity index (χ2v) is 7.18. The van der Waals surface area contributed by atoms with E-state index in [-0.39, 0.29) is 11.8 Å². The van der Waals surface area contributed by atoms with Crippen LogP contribution in [0.1, 0.15) is 45.5 Å². The van der Waals surface area contributed by atoms with Gasteiger partial charge in [-0.05, 0) is 61.2 Å². The topological polar surface area (TPSA) is 49.4 Å². The summed E-state index contributed by atoms with van der Waals surface area (Å²) in [5, 5.41) is 3.78. The molecule has 2 aromatic rings. The summed E-state index contributed by atoms with van der Waals surface area (Å²) in [5.41, 5.74) is 2.00. The molecule has 1 aliphatic heterocycles. The van der Waals surface area contributed by atoms with Gasteiger partial charge in [-0.15, -0.1) is 0 Å². The normalized spacial score (nSPS) is 14.2. The van der Waals surface area contributed by atoms with Gasteiger partial charge in [0.15, 0.2) is 0 Å². The van der Waals surface area contributed by atoms with Crippen molar-refractivity contribution in [2.45, 2.75) is 25.8 Å². The standard InChI is InChI=1S/C20H20Cl2N2O2/c21-17-9-4-14(12-18(17)22)13-23-19(25)15-5-7-16(8-6-15)20(26)24-10-2-1-3-11-24/h4-9,12H,1-3,10-11,13H2,(H,23,25). The lowest BCUT2D eigenvalue weighted by atomic mass is 10.1. The van der Waals surface area contributed by atoms with E-state index < -0.39 is 0 Å². The van der Waals surface area contributed by atoms with Gasteiger partial charge in [0.05, 0.1) is 10.0 Å². The number of rotatable bonds is 4. The Bertz CT molecular complexity index is 800. The first-order chi connectivity index (χ1) is 12.5. The second kappa shape index (κ2) is 8.56. The van der Waals surface area contributed by atoms with Crippen LogP contribution in [0.3, 0.4) is 0 Å². The molecular weight excluding hydrogens is 371 g/mol. The van der Waals surface area contributed by atoms with Crippen LogP contribution in [0.2, 0.25) is 10.0 Å². The largest absolute Gasteiger partial charge is 0.348 e. The zero-order valence-electron chi connectivity index (χ0n) is 14.3. The zero-order chi connectivity index (χ0) is 18.5. The highest BCUT2D eigenvalue weighted by molar-refractivity contribution is 6.42. The number of piperidine rings is 1. The minimum absolute atomic E-state index is 0.0347. The van der Waals surface area contributed by atoms with Crippen molar-refractivity contribution in [3.63, 3.8) is 0 Å². The van der Waals surface area contributed by atoms with Crippen molar-refractivity contribution in [2.75, 3.05) is 13.1 Å². The first-order valence-electron chi connectivity index (χ1n) is 8.66. The molecule has 3 rings (SSSR count). The van der Waals surface area contributed by atoms with Crippen molar-refractivity contribution in [1.29, 1.82) is 0 Å². The second-order valence-electron chi connectivity index (χ2n) is 6.36. The molecule has 4 nitrogen and oxygen atoms in total. The van der Waals surface area contributed by atoms with Gasteiger partial charge in [0.1, 0.15) is 0 Å². The van der Waals surface area contributed by atoms with Gasteiger partial charge in [-0.3, -0.25) is 9.59 Å². The fourth-order valence-electron chi connectivity index (χ4n) is 2.98. The molecule has 0 bridgehead atoms. The van der Waals surface area contributed by atoms with Crippen molar-refractivity contribution in [3.8, 4) is 0 Å². The van der Waals surface area contributed by atoms with E-state index in [9.17, 15) is 9.59 Å². The van der Waals surface area contributed by atoms with Gasteiger partial charge in [-0.25, -0.2) is 0 Å². The number of amides is 2. The molecule has 0 radical (unpaired) electrons. The summed E-state index contributed by atoms with van der Waals surface area (Å²) in [5.74, 6) is -0.166. The molecule has 0 atom stereocenters. The predicted molar refractivity (Wildman–Crippen MR) is 104 cm³/mol. The Morgan fingerprint density at radius 1 is 0.885 bits per heavy atom. The Labute approximate surface area is 163 Å². The molecule has 0 aromatic heterocycles. The van der Waals surface area contributed by atoms with E-state index in [0.29, 0.717) is 27.7 Å². The van der Waals surface area contributed by atoms with E-state index in [1.165, 1.54) is 6.42 Å². The van der Waals surface area contributed by atoms with Crippen LogP contribution in [0, 0.1) is 0 Å². The maximum Gasteiger partial charge on any atom is 0.253 e. The number of likely N-dealkylation sites (tertiary alicyclic amines) is 1. The van der Waals surface area contributed by atoms with Gasteiger partial charge in [-0.1, -0.05) is 29.3 Å². The van der Waals surface area contributed by atoms with Crippen molar-refractivity contribution in [1.82, 2.24) is 10.2 Å². The highest BCUT2D eigenvalue weighted by Gasteiger charge is 2.18. The summed E-state index contributed by atoms with van der Waals surface area (Å²) in [6.45, 7) is 1.97. The van der Waals surface area contributed by atoms with Crippen molar-refractivity contribution >= 4 is 35.0 Å². The first-order valence-corrected chi connectivity index (χ1v) is 9.41. The Hall–Kier alpha value is -2.04. The van der Waals surface area contributed by atoms with Crippen molar-refractivity contribution in [2.24, 2.45) is 0 Å². The fraction of sp³-hybridized carbons (Fsp3) is 0.300. The van der Waals surface area contributed by atoms with E-state index in [0.717, 1.165) is 31.5 Å². The molecule has 0 spiro atoms. The van der Waals surface area contributed by atoms with Crippen LogP contribution in [-0.2, 0) is 6.54 Å². The van der Waals surface area contributed by atoms with Crippen molar-refractivity contribution in [3.05, 3.63) is 69.2 Å². The highest BCUT2D eigenvalue weighted by Crippen LogP contribution is 2.22. The third kappa shape index (κ3) is 4.57. The molecule has 1 N–H and O–H groups in total. The molecule has 26 heavy (non-hydrogen) atoms. The van der Waals surface area contributed by atoms with Crippen LogP contribution in [0.5, 0.6) is 0 Å². The number of hydrogen-bond acceptors (Lipinski definition) is 2. The molecule has 1 fully saturated rings. The van der Waals surface area contributed by atoms with Gasteiger partial charge in [0.2, 0.25) is 0 Å². The lowest BCUT2D eigenvalue weighted by Gasteiger charge is -2.26. The minimum atomic E-state index is -0.201. The number of hydrogen-bond donors (Lipinski definition) is 1. The van der Waals surface area contributed by atoms with E-state index in [1.54, 1.807) is 36.4 Å². The predicted octanol–water partition coefficient (Wildman–Crippen LogP) is 4.55. The Morgan fingerprint density at radius 2 is 1.54 bits per heavy atom. The highest BCUT2D eigenvalue weighted by atomic mass is 35.5. The third-order valence-electron chi connectivity index (χ3n) is 4.47. The molecule has 1 heterocycles.